The molecule has 2 aromatic heterocycles. The largest absolute Gasteiger partial charge is 0.339 e. The highest BCUT2D eigenvalue weighted by Gasteiger charge is 2.24. The molecule has 0 saturated heterocycles. The van der Waals surface area contributed by atoms with Gasteiger partial charge in [0.05, 0.1) is 0 Å². The molecule has 0 amide bonds. The first-order valence-corrected chi connectivity index (χ1v) is 7.08. The van der Waals surface area contributed by atoms with E-state index in [1.54, 1.807) is 6.20 Å². The van der Waals surface area contributed by atoms with Gasteiger partial charge in [-0.05, 0) is 42.0 Å². The fraction of sp³-hybridized carbons (Fsp3) is 0.250. The van der Waals surface area contributed by atoms with Gasteiger partial charge in [0.2, 0.25) is 11.7 Å². The Morgan fingerprint density at radius 1 is 1.14 bits per heavy atom. The maximum Gasteiger partial charge on any atom is 0.227 e. The Morgan fingerprint density at radius 2 is 2.10 bits per heavy atom. The highest BCUT2D eigenvalue weighted by molar-refractivity contribution is 5.46. The Bertz CT molecular complexity index is 754. The van der Waals surface area contributed by atoms with Crippen molar-refractivity contribution in [3.05, 3.63) is 59.6 Å². The normalized spacial score (nSPS) is 16.9. The predicted molar refractivity (Wildman–Crippen MR) is 76.5 cm³/mol. The average Bonchev–Trinajstić information content (AvgIpc) is 3.17. The summed E-state index contributed by atoms with van der Waals surface area (Å²) in [4.78, 5) is 4.44. The summed E-state index contributed by atoms with van der Waals surface area (Å²) in [6.07, 6.45) is 4.68. The average molecular weight is 278 g/mol. The van der Waals surface area contributed by atoms with Crippen LogP contribution in [-0.4, -0.2) is 20.3 Å². The van der Waals surface area contributed by atoms with Gasteiger partial charge in [-0.2, -0.15) is 10.1 Å². The molecule has 0 radical (unpaired) electrons. The van der Waals surface area contributed by atoms with E-state index in [1.807, 2.05) is 12.1 Å². The molecule has 0 bridgehead atoms. The van der Waals surface area contributed by atoms with Crippen molar-refractivity contribution in [2.45, 2.75) is 25.2 Å². The van der Waals surface area contributed by atoms with Gasteiger partial charge in [-0.3, -0.25) is 0 Å². The van der Waals surface area contributed by atoms with Crippen molar-refractivity contribution in [1.29, 1.82) is 0 Å². The van der Waals surface area contributed by atoms with Crippen molar-refractivity contribution in [3.63, 3.8) is 0 Å². The molecule has 0 spiro atoms. The third-order valence-electron chi connectivity index (χ3n) is 3.95. The molecule has 0 fully saturated rings. The molecule has 2 heterocycles. The van der Waals surface area contributed by atoms with Gasteiger partial charge < -0.3 is 4.52 Å². The number of aromatic nitrogens is 4. The quantitative estimate of drug-likeness (QED) is 0.737. The summed E-state index contributed by atoms with van der Waals surface area (Å²) in [5.41, 5.74) is 3.49. The Kier molecular flexibility index (Phi) is 2.96. The number of hydrogen-bond acceptors (Lipinski definition) is 5. The van der Waals surface area contributed by atoms with Crippen LogP contribution in [0.2, 0.25) is 0 Å². The minimum Gasteiger partial charge on any atom is -0.339 e. The molecular formula is C16H14N4O. The molecule has 1 aliphatic carbocycles. The van der Waals surface area contributed by atoms with Crippen LogP contribution in [0.1, 0.15) is 29.4 Å². The van der Waals surface area contributed by atoms with E-state index < -0.39 is 0 Å². The zero-order valence-electron chi connectivity index (χ0n) is 11.4. The highest BCUT2D eigenvalue weighted by Crippen LogP contribution is 2.35. The molecule has 0 saturated carbocycles. The van der Waals surface area contributed by atoms with Crippen LogP contribution in [-0.2, 0) is 12.8 Å². The number of benzene rings is 1. The predicted octanol–water partition coefficient (Wildman–Crippen LogP) is 2.80. The van der Waals surface area contributed by atoms with Crippen LogP contribution in [0.15, 0.2) is 47.1 Å². The maximum atomic E-state index is 5.37. The van der Waals surface area contributed by atoms with E-state index in [0.717, 1.165) is 19.3 Å². The fourth-order valence-corrected chi connectivity index (χ4v) is 2.93. The highest BCUT2D eigenvalue weighted by atomic mass is 16.5. The molecule has 3 aromatic rings. The van der Waals surface area contributed by atoms with Crippen molar-refractivity contribution in [1.82, 2.24) is 20.3 Å². The van der Waals surface area contributed by atoms with Crippen LogP contribution in [0.4, 0.5) is 0 Å². The summed E-state index contributed by atoms with van der Waals surface area (Å²) < 4.78 is 5.37. The molecule has 4 rings (SSSR count). The van der Waals surface area contributed by atoms with Crippen LogP contribution in [0.5, 0.6) is 0 Å². The smallest absolute Gasteiger partial charge is 0.227 e. The minimum absolute atomic E-state index is 0.469. The number of rotatable bonds is 3. The number of fused-ring (bicyclic) bond motifs is 1. The lowest BCUT2D eigenvalue weighted by molar-refractivity contribution is 0.369. The van der Waals surface area contributed by atoms with Crippen molar-refractivity contribution in [3.8, 4) is 11.5 Å². The molecule has 104 valence electrons. The lowest BCUT2D eigenvalue weighted by Gasteiger charge is -2.07. The third-order valence-corrected chi connectivity index (χ3v) is 3.95. The lowest BCUT2D eigenvalue weighted by atomic mass is 9.98. The summed E-state index contributed by atoms with van der Waals surface area (Å²) in [6.45, 7) is 0. The SMILES string of the molecule is c1cnnc(-c2noc(C[C@H]3CCc4ccccc43)n2)c1. The maximum absolute atomic E-state index is 5.37. The summed E-state index contributed by atoms with van der Waals surface area (Å²) >= 11 is 0. The van der Waals surface area contributed by atoms with Gasteiger partial charge in [-0.1, -0.05) is 29.4 Å². The van der Waals surface area contributed by atoms with Crippen molar-refractivity contribution >= 4 is 0 Å². The first-order valence-electron chi connectivity index (χ1n) is 7.08. The molecule has 0 N–H and O–H groups in total. The zero-order chi connectivity index (χ0) is 14.1. The van der Waals surface area contributed by atoms with E-state index in [2.05, 4.69) is 44.6 Å². The van der Waals surface area contributed by atoms with Crippen molar-refractivity contribution in [2.24, 2.45) is 0 Å². The molecule has 21 heavy (non-hydrogen) atoms. The van der Waals surface area contributed by atoms with Gasteiger partial charge in [0.1, 0.15) is 5.69 Å². The summed E-state index contributed by atoms with van der Waals surface area (Å²) in [5.74, 6) is 1.64. The van der Waals surface area contributed by atoms with E-state index in [1.165, 1.54) is 11.1 Å². The molecule has 5 nitrogen and oxygen atoms in total. The Labute approximate surface area is 122 Å². The van der Waals surface area contributed by atoms with E-state index in [-0.39, 0.29) is 0 Å². The van der Waals surface area contributed by atoms with Gasteiger partial charge in [-0.25, -0.2) is 0 Å². The molecular weight excluding hydrogens is 264 g/mol. The van der Waals surface area contributed by atoms with E-state index >= 15 is 0 Å². The van der Waals surface area contributed by atoms with Gasteiger partial charge in [0.25, 0.3) is 0 Å². The van der Waals surface area contributed by atoms with Gasteiger partial charge >= 0.3 is 0 Å². The first-order chi connectivity index (χ1) is 10.4. The zero-order valence-corrected chi connectivity index (χ0v) is 11.4. The topological polar surface area (TPSA) is 64.7 Å². The van der Waals surface area contributed by atoms with Gasteiger partial charge in [0.15, 0.2) is 0 Å². The summed E-state index contributed by atoms with van der Waals surface area (Å²) in [6, 6.07) is 12.2. The summed E-state index contributed by atoms with van der Waals surface area (Å²) in [5, 5.41) is 11.8. The standard InChI is InChI=1S/C16H14N4O/c1-2-5-13-11(4-1)7-8-12(13)10-15-18-16(20-21-15)14-6-3-9-17-19-14/h1-6,9,12H,7-8,10H2/t12-/m1/s1. The Morgan fingerprint density at radius 3 is 3.00 bits per heavy atom. The second-order valence-electron chi connectivity index (χ2n) is 5.26. The van der Waals surface area contributed by atoms with Crippen molar-refractivity contribution < 1.29 is 4.52 Å². The second-order valence-corrected chi connectivity index (χ2v) is 5.26. The molecule has 1 atom stereocenters. The Balaban J connectivity index is 1.56. The summed E-state index contributed by atoms with van der Waals surface area (Å²) in [7, 11) is 0. The molecule has 5 heteroatoms. The van der Waals surface area contributed by atoms with Crippen LogP contribution < -0.4 is 0 Å². The molecule has 1 aliphatic rings. The van der Waals surface area contributed by atoms with Gasteiger partial charge in [-0.15, -0.1) is 5.10 Å². The van der Waals surface area contributed by atoms with Crippen LogP contribution >= 0.6 is 0 Å². The molecule has 1 aromatic carbocycles. The number of hydrogen-bond donors (Lipinski definition) is 0. The Hall–Kier alpha value is -2.56. The van der Waals surface area contributed by atoms with E-state index in [0.29, 0.717) is 23.3 Å². The van der Waals surface area contributed by atoms with Crippen molar-refractivity contribution in [2.75, 3.05) is 0 Å². The lowest BCUT2D eigenvalue weighted by Crippen LogP contribution is -1.99. The van der Waals surface area contributed by atoms with Crippen LogP contribution in [0.3, 0.4) is 0 Å². The molecule has 0 aliphatic heterocycles. The number of aryl methyl sites for hydroxylation is 1. The number of nitrogens with zero attached hydrogens (tertiary/aromatic N) is 4. The minimum atomic E-state index is 0.469. The monoisotopic (exact) mass is 278 g/mol. The van der Waals surface area contributed by atoms with E-state index in [4.69, 9.17) is 4.52 Å². The molecule has 0 unspecified atom stereocenters. The second kappa shape index (κ2) is 5.09. The van der Waals surface area contributed by atoms with Crippen LogP contribution in [0.25, 0.3) is 11.5 Å². The third kappa shape index (κ3) is 2.31. The van der Waals surface area contributed by atoms with Gasteiger partial charge in [0, 0.05) is 12.6 Å². The van der Waals surface area contributed by atoms with Crippen LogP contribution in [0, 0.1) is 0 Å². The van der Waals surface area contributed by atoms with E-state index in [9.17, 15) is 0 Å². The first kappa shape index (κ1) is 12.2. The fourth-order valence-electron chi connectivity index (χ4n) is 2.93.